The Hall–Kier alpha value is -0.610. The second kappa shape index (κ2) is 4.07. The molecule has 3 nitrogen and oxygen atoms in total. The molecule has 1 saturated carbocycles. The van der Waals surface area contributed by atoms with Crippen molar-refractivity contribution in [3.05, 3.63) is 11.6 Å². The number of nitrogens with one attached hydrogen (secondary N) is 1. The van der Waals surface area contributed by atoms with Crippen molar-refractivity contribution in [1.29, 1.82) is 0 Å². The molecule has 0 radical (unpaired) electrons. The zero-order chi connectivity index (χ0) is 9.10. The van der Waals surface area contributed by atoms with Crippen LogP contribution in [0.1, 0.15) is 25.7 Å². The predicted octanol–water partition coefficient (Wildman–Crippen LogP) is 1.82. The molecular formula is C9H15N3S. The highest BCUT2D eigenvalue weighted by atomic mass is 32.1. The third kappa shape index (κ3) is 2.19. The number of hydrogen-bond acceptors (Lipinski definition) is 4. The quantitative estimate of drug-likeness (QED) is 0.760. The Labute approximate surface area is 82.4 Å². The first kappa shape index (κ1) is 8.97. The number of aromatic nitrogens is 1. The van der Waals surface area contributed by atoms with Gasteiger partial charge in [0.1, 0.15) is 0 Å². The molecule has 3 N–H and O–H groups in total. The first-order valence-corrected chi connectivity index (χ1v) is 5.66. The molecular weight excluding hydrogens is 182 g/mol. The molecule has 2 rings (SSSR count). The Morgan fingerprint density at radius 2 is 2.31 bits per heavy atom. The van der Waals surface area contributed by atoms with Gasteiger partial charge in [-0.2, -0.15) is 0 Å². The summed E-state index contributed by atoms with van der Waals surface area (Å²) in [5.41, 5.74) is 6.01. The molecule has 4 heteroatoms. The Morgan fingerprint density at radius 1 is 1.46 bits per heavy atom. The van der Waals surface area contributed by atoms with E-state index in [1.165, 1.54) is 19.3 Å². The van der Waals surface area contributed by atoms with Gasteiger partial charge in [-0.1, -0.05) is 12.8 Å². The molecule has 1 fully saturated rings. The standard InChI is InChI=1S/C9H15N3S/c10-7-3-1-2-4-8(7)12-9-11-5-6-13-9/h5-8H,1-4,10H2,(H,11,12)/t7-,8-/m0/s1. The summed E-state index contributed by atoms with van der Waals surface area (Å²) >= 11 is 1.64. The maximum atomic E-state index is 6.01. The average molecular weight is 197 g/mol. The number of rotatable bonds is 2. The molecule has 1 aliphatic carbocycles. The molecule has 1 aliphatic rings. The molecule has 72 valence electrons. The van der Waals surface area contributed by atoms with Gasteiger partial charge in [-0.15, -0.1) is 11.3 Å². The molecule has 1 heterocycles. The van der Waals surface area contributed by atoms with Crippen LogP contribution in [0.3, 0.4) is 0 Å². The zero-order valence-electron chi connectivity index (χ0n) is 7.57. The molecule has 0 bridgehead atoms. The van der Waals surface area contributed by atoms with Crippen molar-refractivity contribution in [2.24, 2.45) is 5.73 Å². The van der Waals surface area contributed by atoms with Crippen molar-refractivity contribution in [3.8, 4) is 0 Å². The second-order valence-electron chi connectivity index (χ2n) is 3.54. The van der Waals surface area contributed by atoms with E-state index < -0.39 is 0 Å². The normalized spacial score (nSPS) is 28.7. The van der Waals surface area contributed by atoms with Crippen LogP contribution in [0.15, 0.2) is 11.6 Å². The Balaban J connectivity index is 1.93. The minimum atomic E-state index is 0.303. The molecule has 1 aromatic heterocycles. The molecule has 0 aromatic carbocycles. The van der Waals surface area contributed by atoms with E-state index in [2.05, 4.69) is 10.3 Å². The van der Waals surface area contributed by atoms with Gasteiger partial charge in [0.25, 0.3) is 0 Å². The summed E-state index contributed by atoms with van der Waals surface area (Å²) in [4.78, 5) is 4.20. The van der Waals surface area contributed by atoms with Crippen molar-refractivity contribution >= 4 is 16.5 Å². The van der Waals surface area contributed by atoms with Crippen LogP contribution < -0.4 is 11.1 Å². The lowest BCUT2D eigenvalue weighted by Crippen LogP contribution is -2.42. The van der Waals surface area contributed by atoms with Gasteiger partial charge < -0.3 is 11.1 Å². The number of nitrogens with two attached hydrogens (primary N) is 1. The number of hydrogen-bond donors (Lipinski definition) is 2. The van der Waals surface area contributed by atoms with E-state index in [1.54, 1.807) is 11.3 Å². The SMILES string of the molecule is N[C@H]1CCCC[C@@H]1Nc1nccs1. The second-order valence-corrected chi connectivity index (χ2v) is 4.43. The van der Waals surface area contributed by atoms with Crippen LogP contribution in [-0.2, 0) is 0 Å². The lowest BCUT2D eigenvalue weighted by atomic mass is 9.91. The van der Waals surface area contributed by atoms with E-state index in [9.17, 15) is 0 Å². The highest BCUT2D eigenvalue weighted by Crippen LogP contribution is 2.21. The maximum absolute atomic E-state index is 6.01. The van der Waals surface area contributed by atoms with Crippen molar-refractivity contribution in [2.75, 3.05) is 5.32 Å². The fourth-order valence-corrected chi connectivity index (χ4v) is 2.38. The van der Waals surface area contributed by atoms with E-state index in [0.29, 0.717) is 12.1 Å². The zero-order valence-corrected chi connectivity index (χ0v) is 8.39. The fraction of sp³-hybridized carbons (Fsp3) is 0.667. The molecule has 0 unspecified atom stereocenters. The number of nitrogens with zero attached hydrogens (tertiary/aromatic N) is 1. The maximum Gasteiger partial charge on any atom is 0.182 e. The van der Waals surface area contributed by atoms with Crippen LogP contribution >= 0.6 is 11.3 Å². The largest absolute Gasteiger partial charge is 0.357 e. The molecule has 0 aliphatic heterocycles. The van der Waals surface area contributed by atoms with Crippen molar-refractivity contribution in [2.45, 2.75) is 37.8 Å². The van der Waals surface area contributed by atoms with E-state index in [1.807, 2.05) is 11.6 Å². The summed E-state index contributed by atoms with van der Waals surface area (Å²) in [6, 6.07) is 0.734. The topological polar surface area (TPSA) is 50.9 Å². The van der Waals surface area contributed by atoms with Gasteiger partial charge in [0, 0.05) is 23.7 Å². The van der Waals surface area contributed by atoms with Crippen LogP contribution in [0, 0.1) is 0 Å². The van der Waals surface area contributed by atoms with Crippen LogP contribution in [-0.4, -0.2) is 17.1 Å². The van der Waals surface area contributed by atoms with Crippen LogP contribution in [0.25, 0.3) is 0 Å². The van der Waals surface area contributed by atoms with Gasteiger partial charge >= 0.3 is 0 Å². The summed E-state index contributed by atoms with van der Waals surface area (Å²) in [7, 11) is 0. The van der Waals surface area contributed by atoms with Gasteiger partial charge in [-0.3, -0.25) is 0 Å². The highest BCUT2D eigenvalue weighted by molar-refractivity contribution is 7.13. The molecule has 0 spiro atoms. The first-order chi connectivity index (χ1) is 6.36. The Morgan fingerprint density at radius 3 is 3.00 bits per heavy atom. The van der Waals surface area contributed by atoms with Crippen molar-refractivity contribution < 1.29 is 0 Å². The third-order valence-electron chi connectivity index (χ3n) is 2.56. The van der Waals surface area contributed by atoms with E-state index in [0.717, 1.165) is 11.6 Å². The third-order valence-corrected chi connectivity index (χ3v) is 3.26. The van der Waals surface area contributed by atoms with Crippen molar-refractivity contribution in [1.82, 2.24) is 4.98 Å². The monoisotopic (exact) mass is 197 g/mol. The molecule has 0 saturated heterocycles. The summed E-state index contributed by atoms with van der Waals surface area (Å²) in [6.07, 6.45) is 6.71. The van der Waals surface area contributed by atoms with Gasteiger partial charge in [0.15, 0.2) is 5.13 Å². The summed E-state index contributed by atoms with van der Waals surface area (Å²) < 4.78 is 0. The predicted molar refractivity (Wildman–Crippen MR) is 56.0 cm³/mol. The number of thiazole rings is 1. The first-order valence-electron chi connectivity index (χ1n) is 4.78. The van der Waals surface area contributed by atoms with E-state index in [4.69, 9.17) is 5.73 Å². The molecule has 0 amide bonds. The molecule has 2 atom stereocenters. The lowest BCUT2D eigenvalue weighted by Gasteiger charge is -2.28. The van der Waals surface area contributed by atoms with Gasteiger partial charge in [0.2, 0.25) is 0 Å². The van der Waals surface area contributed by atoms with Gasteiger partial charge in [-0.05, 0) is 12.8 Å². The van der Waals surface area contributed by atoms with Crippen LogP contribution in [0.5, 0.6) is 0 Å². The van der Waals surface area contributed by atoms with Crippen molar-refractivity contribution in [3.63, 3.8) is 0 Å². The molecule has 1 aromatic rings. The Bertz CT molecular complexity index is 247. The summed E-state index contributed by atoms with van der Waals surface area (Å²) in [6.45, 7) is 0. The smallest absolute Gasteiger partial charge is 0.182 e. The number of anilines is 1. The fourth-order valence-electron chi connectivity index (χ4n) is 1.79. The molecule has 13 heavy (non-hydrogen) atoms. The van der Waals surface area contributed by atoms with Gasteiger partial charge in [0.05, 0.1) is 0 Å². The Kier molecular flexibility index (Phi) is 2.80. The van der Waals surface area contributed by atoms with Crippen LogP contribution in [0.4, 0.5) is 5.13 Å². The average Bonchev–Trinajstić information content (AvgIpc) is 2.61. The lowest BCUT2D eigenvalue weighted by molar-refractivity contribution is 0.404. The van der Waals surface area contributed by atoms with Gasteiger partial charge in [-0.25, -0.2) is 4.98 Å². The summed E-state index contributed by atoms with van der Waals surface area (Å²) in [5, 5.41) is 6.38. The summed E-state index contributed by atoms with van der Waals surface area (Å²) in [5.74, 6) is 0. The van der Waals surface area contributed by atoms with E-state index >= 15 is 0 Å². The van der Waals surface area contributed by atoms with E-state index in [-0.39, 0.29) is 0 Å². The minimum absolute atomic E-state index is 0.303. The minimum Gasteiger partial charge on any atom is -0.357 e. The van der Waals surface area contributed by atoms with Crippen LogP contribution in [0.2, 0.25) is 0 Å². The highest BCUT2D eigenvalue weighted by Gasteiger charge is 2.21.